The fourth-order valence-electron chi connectivity index (χ4n) is 1.90. The van der Waals surface area contributed by atoms with Gasteiger partial charge < -0.3 is 4.57 Å². The van der Waals surface area contributed by atoms with Gasteiger partial charge in [0.2, 0.25) is 0 Å². The second-order valence-corrected chi connectivity index (χ2v) is 5.33. The van der Waals surface area contributed by atoms with E-state index in [2.05, 4.69) is 56.7 Å². The number of hydrogen-bond donors (Lipinski definition) is 0. The molecule has 0 saturated carbocycles. The summed E-state index contributed by atoms with van der Waals surface area (Å²) >= 11 is 9.47. The van der Waals surface area contributed by atoms with E-state index in [0.717, 1.165) is 34.7 Å². The Labute approximate surface area is 120 Å². The first-order valence-corrected chi connectivity index (χ1v) is 7.24. The quantitative estimate of drug-likeness (QED) is 0.789. The van der Waals surface area contributed by atoms with Gasteiger partial charge in [0.1, 0.15) is 5.82 Å². The highest BCUT2D eigenvalue weighted by atomic mass is 79.9. The van der Waals surface area contributed by atoms with Crippen LogP contribution in [0.2, 0.25) is 0 Å². The van der Waals surface area contributed by atoms with E-state index in [1.54, 1.807) is 0 Å². The van der Waals surface area contributed by atoms with Crippen molar-refractivity contribution in [3.63, 3.8) is 0 Å². The Morgan fingerprint density at radius 3 is 2.78 bits per heavy atom. The molecule has 0 saturated heterocycles. The van der Waals surface area contributed by atoms with Crippen molar-refractivity contribution in [1.82, 2.24) is 14.8 Å². The van der Waals surface area contributed by atoms with Crippen LogP contribution in [0.4, 0.5) is 0 Å². The van der Waals surface area contributed by atoms with Crippen molar-refractivity contribution in [3.8, 4) is 11.4 Å². The third-order valence-corrected chi connectivity index (χ3v) is 3.69. The number of hydrogen-bond acceptors (Lipinski definition) is 2. The Kier molecular flexibility index (Phi) is 4.40. The van der Waals surface area contributed by atoms with Crippen LogP contribution in [-0.2, 0) is 12.4 Å². The van der Waals surface area contributed by atoms with Gasteiger partial charge in [-0.3, -0.25) is 0 Å². The van der Waals surface area contributed by atoms with Crippen LogP contribution < -0.4 is 0 Å². The smallest absolute Gasteiger partial charge is 0.165 e. The summed E-state index contributed by atoms with van der Waals surface area (Å²) in [4.78, 5) is 0. The Morgan fingerprint density at radius 2 is 2.11 bits per heavy atom. The summed E-state index contributed by atoms with van der Waals surface area (Å²) in [6.07, 6.45) is 1.03. The maximum Gasteiger partial charge on any atom is 0.165 e. The molecule has 0 aliphatic heterocycles. The van der Waals surface area contributed by atoms with E-state index in [-0.39, 0.29) is 0 Å². The molecule has 0 fully saturated rings. The Morgan fingerprint density at radius 1 is 1.33 bits per heavy atom. The normalized spacial score (nSPS) is 10.9. The largest absolute Gasteiger partial charge is 0.310 e. The van der Waals surface area contributed by atoms with Crippen LogP contribution in [0.5, 0.6) is 0 Å². The molecular weight excluding hydrogens is 314 g/mol. The van der Waals surface area contributed by atoms with E-state index in [0.29, 0.717) is 5.88 Å². The maximum absolute atomic E-state index is 5.90. The number of benzene rings is 1. The molecule has 0 unspecified atom stereocenters. The summed E-state index contributed by atoms with van der Waals surface area (Å²) in [6, 6.07) is 6.21. The number of alkyl halides is 1. The average molecular weight is 329 g/mol. The van der Waals surface area contributed by atoms with Gasteiger partial charge >= 0.3 is 0 Å². The molecule has 0 spiro atoms. The minimum absolute atomic E-state index is 0.385. The molecule has 5 heteroatoms. The average Bonchev–Trinajstić information content (AvgIpc) is 2.76. The van der Waals surface area contributed by atoms with Crippen LogP contribution in [0.15, 0.2) is 22.7 Å². The van der Waals surface area contributed by atoms with Crippen molar-refractivity contribution in [2.45, 2.75) is 32.7 Å². The molecule has 96 valence electrons. The van der Waals surface area contributed by atoms with E-state index in [4.69, 9.17) is 11.6 Å². The molecule has 0 aliphatic carbocycles. The minimum Gasteiger partial charge on any atom is -0.310 e. The number of halogens is 2. The molecule has 0 bridgehead atoms. The summed E-state index contributed by atoms with van der Waals surface area (Å²) < 4.78 is 3.12. The summed E-state index contributed by atoms with van der Waals surface area (Å²) in [5.41, 5.74) is 2.26. The summed E-state index contributed by atoms with van der Waals surface area (Å²) in [6.45, 7) is 5.08. The predicted octanol–water partition coefficient (Wildman–Crippen LogP) is 4.16. The molecular formula is C13H15BrClN3. The molecule has 2 rings (SSSR count). The minimum atomic E-state index is 0.385. The van der Waals surface area contributed by atoms with E-state index >= 15 is 0 Å². The van der Waals surface area contributed by atoms with Crippen LogP contribution in [0.1, 0.15) is 24.7 Å². The van der Waals surface area contributed by atoms with Gasteiger partial charge in [-0.15, -0.1) is 21.8 Å². The third kappa shape index (κ3) is 2.59. The Bertz CT molecular complexity index is 551. The molecule has 0 amide bonds. The van der Waals surface area contributed by atoms with Gasteiger partial charge in [0.05, 0.1) is 5.88 Å². The van der Waals surface area contributed by atoms with Crippen molar-refractivity contribution in [1.29, 1.82) is 0 Å². The maximum atomic E-state index is 5.90. The van der Waals surface area contributed by atoms with Crippen molar-refractivity contribution in [3.05, 3.63) is 34.1 Å². The van der Waals surface area contributed by atoms with Gasteiger partial charge in [-0.25, -0.2) is 0 Å². The monoisotopic (exact) mass is 327 g/mol. The van der Waals surface area contributed by atoms with E-state index < -0.39 is 0 Å². The molecule has 1 aromatic heterocycles. The van der Waals surface area contributed by atoms with E-state index in [9.17, 15) is 0 Å². The molecule has 3 nitrogen and oxygen atoms in total. The van der Waals surface area contributed by atoms with Gasteiger partial charge in [0.25, 0.3) is 0 Å². The lowest BCUT2D eigenvalue weighted by atomic mass is 10.1. The predicted molar refractivity (Wildman–Crippen MR) is 77.7 cm³/mol. The zero-order valence-electron chi connectivity index (χ0n) is 10.5. The van der Waals surface area contributed by atoms with E-state index in [1.807, 2.05) is 6.07 Å². The summed E-state index contributed by atoms with van der Waals surface area (Å²) in [7, 11) is 0. The Hall–Kier alpha value is -0.870. The van der Waals surface area contributed by atoms with Gasteiger partial charge in [0, 0.05) is 16.6 Å². The van der Waals surface area contributed by atoms with Crippen molar-refractivity contribution < 1.29 is 0 Å². The van der Waals surface area contributed by atoms with Crippen LogP contribution in [-0.4, -0.2) is 14.8 Å². The lowest BCUT2D eigenvalue weighted by molar-refractivity contribution is 0.659. The molecule has 1 heterocycles. The highest BCUT2D eigenvalue weighted by Crippen LogP contribution is 2.28. The van der Waals surface area contributed by atoms with Crippen LogP contribution in [0.25, 0.3) is 11.4 Å². The SMILES string of the molecule is CCCn1c(CCl)nnc1-c1cc(C)ccc1Br. The second-order valence-electron chi connectivity index (χ2n) is 4.21. The standard InChI is InChI=1S/C13H15BrClN3/c1-3-6-18-12(8-15)16-17-13(18)10-7-9(2)4-5-11(10)14/h4-5,7H,3,6,8H2,1-2H3. The molecule has 2 aromatic rings. The van der Waals surface area contributed by atoms with Crippen LogP contribution >= 0.6 is 27.5 Å². The topological polar surface area (TPSA) is 30.7 Å². The molecule has 0 aliphatic rings. The second kappa shape index (κ2) is 5.85. The van der Waals surface area contributed by atoms with Crippen molar-refractivity contribution >= 4 is 27.5 Å². The number of rotatable bonds is 4. The highest BCUT2D eigenvalue weighted by Gasteiger charge is 2.14. The van der Waals surface area contributed by atoms with Gasteiger partial charge in [0.15, 0.2) is 5.82 Å². The Balaban J connectivity index is 2.56. The zero-order chi connectivity index (χ0) is 13.1. The first kappa shape index (κ1) is 13.6. The fourth-order valence-corrected chi connectivity index (χ4v) is 2.52. The highest BCUT2D eigenvalue weighted by molar-refractivity contribution is 9.10. The third-order valence-electron chi connectivity index (χ3n) is 2.76. The van der Waals surface area contributed by atoms with Crippen LogP contribution in [0.3, 0.4) is 0 Å². The molecule has 0 N–H and O–H groups in total. The number of nitrogens with zero attached hydrogens (tertiary/aromatic N) is 3. The fraction of sp³-hybridized carbons (Fsp3) is 0.385. The van der Waals surface area contributed by atoms with Gasteiger partial charge in [-0.2, -0.15) is 0 Å². The molecule has 18 heavy (non-hydrogen) atoms. The number of aryl methyl sites for hydroxylation is 1. The molecule has 1 aromatic carbocycles. The van der Waals surface area contributed by atoms with Gasteiger partial charge in [-0.1, -0.05) is 34.5 Å². The summed E-state index contributed by atoms with van der Waals surface area (Å²) in [5, 5.41) is 8.44. The van der Waals surface area contributed by atoms with E-state index in [1.165, 1.54) is 5.56 Å². The lowest BCUT2D eigenvalue weighted by Crippen LogP contribution is -2.04. The van der Waals surface area contributed by atoms with Crippen LogP contribution in [0, 0.1) is 6.92 Å². The van der Waals surface area contributed by atoms with Gasteiger partial charge in [-0.05, 0) is 25.5 Å². The zero-order valence-corrected chi connectivity index (χ0v) is 12.8. The lowest BCUT2D eigenvalue weighted by Gasteiger charge is -2.09. The summed E-state index contributed by atoms with van der Waals surface area (Å²) in [5.74, 6) is 2.08. The molecule has 0 atom stereocenters. The molecule has 0 radical (unpaired) electrons. The first-order valence-electron chi connectivity index (χ1n) is 5.92. The first-order chi connectivity index (χ1) is 8.67. The van der Waals surface area contributed by atoms with Crippen molar-refractivity contribution in [2.75, 3.05) is 0 Å². The van der Waals surface area contributed by atoms with Crippen molar-refractivity contribution in [2.24, 2.45) is 0 Å². The number of aromatic nitrogens is 3.